The molecule has 0 amide bonds. The molecule has 3 nitrogen and oxygen atoms in total. The second-order valence-corrected chi connectivity index (χ2v) is 3.49. The minimum absolute atomic E-state index is 0.0293. The normalized spacial score (nSPS) is 9.50. The zero-order valence-corrected chi connectivity index (χ0v) is 9.10. The number of ketones is 1. The molecule has 0 heterocycles. The Morgan fingerprint density at radius 2 is 1.81 bits per heavy atom. The molecule has 0 unspecified atom stereocenters. The average Bonchev–Trinajstić information content (AvgIpc) is 2.35. The van der Waals surface area contributed by atoms with Crippen molar-refractivity contribution in [2.45, 2.75) is 19.8 Å². The van der Waals surface area contributed by atoms with Gasteiger partial charge in [-0.15, -0.1) is 0 Å². The Morgan fingerprint density at radius 1 is 1.25 bits per heavy atom. The first-order chi connectivity index (χ1) is 7.71. The summed E-state index contributed by atoms with van der Waals surface area (Å²) in [5.74, 6) is -1.01. The van der Waals surface area contributed by atoms with Crippen LogP contribution in [0.15, 0.2) is 24.3 Å². The van der Waals surface area contributed by atoms with E-state index in [9.17, 15) is 4.79 Å². The molecule has 0 aliphatic heterocycles. The molecule has 0 radical (unpaired) electrons. The summed E-state index contributed by atoms with van der Waals surface area (Å²) in [5, 5.41) is 17.2. The molecule has 0 bridgehead atoms. The minimum atomic E-state index is -0.849. The number of nitrogens with zero attached hydrogens (tertiary/aromatic N) is 2. The van der Waals surface area contributed by atoms with Gasteiger partial charge in [0.1, 0.15) is 5.92 Å². The van der Waals surface area contributed by atoms with Crippen LogP contribution in [0, 0.1) is 28.6 Å². The minimum Gasteiger partial charge on any atom is -0.294 e. The lowest BCUT2D eigenvalue weighted by Gasteiger charge is -2.02. The molecular weight excluding hydrogens is 200 g/mol. The van der Waals surface area contributed by atoms with Crippen LogP contribution >= 0.6 is 0 Å². The second-order valence-electron chi connectivity index (χ2n) is 3.49. The molecule has 0 spiro atoms. The van der Waals surface area contributed by atoms with Crippen LogP contribution in [-0.2, 0) is 6.42 Å². The first-order valence-corrected chi connectivity index (χ1v) is 5.12. The van der Waals surface area contributed by atoms with Crippen LogP contribution in [0.25, 0.3) is 0 Å². The van der Waals surface area contributed by atoms with Crippen molar-refractivity contribution >= 4 is 5.78 Å². The largest absolute Gasteiger partial charge is 0.294 e. The molecular formula is C13H12N2O. The predicted octanol–water partition coefficient (Wildman–Crippen LogP) is 2.49. The van der Waals surface area contributed by atoms with E-state index in [-0.39, 0.29) is 12.2 Å². The van der Waals surface area contributed by atoms with Crippen molar-refractivity contribution in [3.63, 3.8) is 0 Å². The van der Waals surface area contributed by atoms with Crippen LogP contribution < -0.4 is 0 Å². The lowest BCUT2D eigenvalue weighted by atomic mass is 9.99. The lowest BCUT2D eigenvalue weighted by molar-refractivity contribution is 0.0976. The number of hydrogen-bond acceptors (Lipinski definition) is 3. The van der Waals surface area contributed by atoms with E-state index < -0.39 is 5.92 Å². The first kappa shape index (κ1) is 11.9. The fourth-order valence-corrected chi connectivity index (χ4v) is 1.35. The molecule has 0 aromatic heterocycles. The van der Waals surface area contributed by atoms with Gasteiger partial charge in [-0.1, -0.05) is 31.2 Å². The van der Waals surface area contributed by atoms with E-state index in [1.807, 2.05) is 19.1 Å². The Hall–Kier alpha value is -2.13. The maximum Gasteiger partial charge on any atom is 0.165 e. The third kappa shape index (κ3) is 2.93. The smallest absolute Gasteiger partial charge is 0.165 e. The van der Waals surface area contributed by atoms with E-state index in [1.165, 1.54) is 0 Å². The molecule has 1 rings (SSSR count). The van der Waals surface area contributed by atoms with Gasteiger partial charge in [0.15, 0.2) is 5.78 Å². The molecule has 0 saturated heterocycles. The number of Topliss-reactive ketones (excluding diaryl/α,β-unsaturated/α-hetero) is 1. The van der Waals surface area contributed by atoms with Crippen LogP contribution in [0.3, 0.4) is 0 Å². The zero-order valence-electron chi connectivity index (χ0n) is 9.10. The summed E-state index contributed by atoms with van der Waals surface area (Å²) in [6.07, 6.45) is 0.895. The number of rotatable bonds is 4. The van der Waals surface area contributed by atoms with Crippen molar-refractivity contribution < 1.29 is 4.79 Å². The Bertz CT molecular complexity index is 434. The second kappa shape index (κ2) is 5.68. The average molecular weight is 212 g/mol. The van der Waals surface area contributed by atoms with Crippen molar-refractivity contribution in [3.05, 3.63) is 35.4 Å². The van der Waals surface area contributed by atoms with E-state index in [4.69, 9.17) is 10.5 Å². The summed E-state index contributed by atoms with van der Waals surface area (Å²) in [6, 6.07) is 10.9. The molecule has 0 saturated carbocycles. The number of aryl methyl sites for hydroxylation is 1. The number of carbonyl (C=O) groups excluding carboxylic acids is 1. The maximum absolute atomic E-state index is 11.7. The molecule has 0 aliphatic rings. The van der Waals surface area contributed by atoms with Crippen molar-refractivity contribution in [2.24, 2.45) is 5.92 Å². The summed E-state index contributed by atoms with van der Waals surface area (Å²) in [6.45, 7) is 2.04. The third-order valence-electron chi connectivity index (χ3n) is 2.39. The lowest BCUT2D eigenvalue weighted by Crippen LogP contribution is -2.05. The van der Waals surface area contributed by atoms with Crippen molar-refractivity contribution in [1.29, 1.82) is 10.5 Å². The summed E-state index contributed by atoms with van der Waals surface area (Å²) >= 11 is 0. The summed E-state index contributed by atoms with van der Waals surface area (Å²) in [4.78, 5) is 11.7. The molecule has 0 aliphatic carbocycles. The molecule has 0 atom stereocenters. The molecule has 3 heteroatoms. The molecule has 80 valence electrons. The van der Waals surface area contributed by atoms with Gasteiger partial charge >= 0.3 is 0 Å². The van der Waals surface area contributed by atoms with E-state index in [0.717, 1.165) is 12.0 Å². The van der Waals surface area contributed by atoms with Crippen LogP contribution in [0.1, 0.15) is 29.3 Å². The van der Waals surface area contributed by atoms with Gasteiger partial charge in [-0.3, -0.25) is 4.79 Å². The van der Waals surface area contributed by atoms with Crippen LogP contribution in [0.2, 0.25) is 0 Å². The first-order valence-electron chi connectivity index (χ1n) is 5.12. The SMILES string of the molecule is CCc1ccc(C(=O)CC(C#N)C#N)cc1. The van der Waals surface area contributed by atoms with Crippen LogP contribution in [0.5, 0.6) is 0 Å². The highest BCUT2D eigenvalue weighted by Crippen LogP contribution is 2.11. The Kier molecular flexibility index (Phi) is 4.24. The topological polar surface area (TPSA) is 64.7 Å². The molecule has 16 heavy (non-hydrogen) atoms. The van der Waals surface area contributed by atoms with Gasteiger partial charge in [0.25, 0.3) is 0 Å². The predicted molar refractivity (Wildman–Crippen MR) is 59.5 cm³/mol. The van der Waals surface area contributed by atoms with Gasteiger partial charge in [0.2, 0.25) is 0 Å². The zero-order chi connectivity index (χ0) is 12.0. The number of hydrogen-bond donors (Lipinski definition) is 0. The Labute approximate surface area is 94.9 Å². The quantitative estimate of drug-likeness (QED) is 0.720. The highest BCUT2D eigenvalue weighted by Gasteiger charge is 2.13. The molecule has 0 N–H and O–H groups in total. The summed E-state index contributed by atoms with van der Waals surface area (Å²) < 4.78 is 0. The number of nitriles is 2. The van der Waals surface area contributed by atoms with Gasteiger partial charge in [-0.25, -0.2) is 0 Å². The Morgan fingerprint density at radius 3 is 2.25 bits per heavy atom. The van der Waals surface area contributed by atoms with Gasteiger partial charge in [-0.05, 0) is 12.0 Å². The standard InChI is InChI=1S/C13H12N2O/c1-2-10-3-5-12(6-4-10)13(16)7-11(8-14)9-15/h3-6,11H,2,7H2,1H3. The highest BCUT2D eigenvalue weighted by atomic mass is 16.1. The molecule has 1 aromatic rings. The van der Waals surface area contributed by atoms with Crippen LogP contribution in [-0.4, -0.2) is 5.78 Å². The van der Waals surface area contributed by atoms with Gasteiger partial charge in [0.05, 0.1) is 12.1 Å². The van der Waals surface area contributed by atoms with E-state index in [1.54, 1.807) is 24.3 Å². The van der Waals surface area contributed by atoms with E-state index in [0.29, 0.717) is 5.56 Å². The number of benzene rings is 1. The summed E-state index contributed by atoms with van der Waals surface area (Å²) in [7, 11) is 0. The van der Waals surface area contributed by atoms with E-state index in [2.05, 4.69) is 0 Å². The molecule has 1 aromatic carbocycles. The fraction of sp³-hybridized carbons (Fsp3) is 0.308. The maximum atomic E-state index is 11.7. The van der Waals surface area contributed by atoms with Gasteiger partial charge < -0.3 is 0 Å². The Balaban J connectivity index is 2.75. The third-order valence-corrected chi connectivity index (χ3v) is 2.39. The van der Waals surface area contributed by atoms with Gasteiger partial charge in [-0.2, -0.15) is 10.5 Å². The highest BCUT2D eigenvalue weighted by molar-refractivity contribution is 5.96. The van der Waals surface area contributed by atoms with Gasteiger partial charge in [0, 0.05) is 12.0 Å². The summed E-state index contributed by atoms with van der Waals surface area (Å²) in [5.41, 5.74) is 1.72. The van der Waals surface area contributed by atoms with Crippen LogP contribution in [0.4, 0.5) is 0 Å². The van der Waals surface area contributed by atoms with Crippen molar-refractivity contribution in [1.82, 2.24) is 0 Å². The van der Waals surface area contributed by atoms with E-state index >= 15 is 0 Å². The monoisotopic (exact) mass is 212 g/mol. The van der Waals surface area contributed by atoms with Crippen molar-refractivity contribution in [2.75, 3.05) is 0 Å². The number of carbonyl (C=O) groups is 1. The fourth-order valence-electron chi connectivity index (χ4n) is 1.35. The van der Waals surface area contributed by atoms with Crippen molar-refractivity contribution in [3.8, 4) is 12.1 Å². The molecule has 0 fully saturated rings.